The van der Waals surface area contributed by atoms with E-state index in [4.69, 9.17) is 0 Å². The number of rotatable bonds is 16. The van der Waals surface area contributed by atoms with Gasteiger partial charge in [-0.15, -0.1) is 0 Å². The maximum Gasteiger partial charge on any atom is 0.0726 e. The molecule has 0 N–H and O–H groups in total. The second-order valence-corrected chi connectivity index (χ2v) is 20.0. The average Bonchev–Trinajstić information content (AvgIpc) is 3.87. The van der Waals surface area contributed by atoms with Crippen molar-refractivity contribution < 1.29 is 0 Å². The molecular weight excluding hydrogens is 843 g/mol. The Morgan fingerprint density at radius 2 is 0.800 bits per heavy atom. The highest BCUT2D eigenvalue weighted by atomic mass is 15.1. The van der Waals surface area contributed by atoms with Gasteiger partial charge in [-0.3, -0.25) is 0 Å². The topological polar surface area (TPSA) is 3.24 Å². The molecule has 0 saturated heterocycles. The molecule has 11 rings (SSSR count). The van der Waals surface area contributed by atoms with Crippen LogP contribution in [0.15, 0.2) is 200 Å². The van der Waals surface area contributed by atoms with Crippen LogP contribution >= 0.6 is 0 Å². The summed E-state index contributed by atoms with van der Waals surface area (Å²) in [4.78, 5) is 2.46. The first-order valence-electron chi connectivity index (χ1n) is 26.2. The first kappa shape index (κ1) is 45.2. The fourth-order valence-electron chi connectivity index (χ4n) is 12.0. The third-order valence-electron chi connectivity index (χ3n) is 15.6. The highest BCUT2D eigenvalue weighted by molar-refractivity contribution is 5.96. The summed E-state index contributed by atoms with van der Waals surface area (Å²) in [5, 5.41) is 0. The van der Waals surface area contributed by atoms with E-state index in [-0.39, 0.29) is 0 Å². The molecule has 1 spiro atoms. The van der Waals surface area contributed by atoms with Crippen molar-refractivity contribution in [2.24, 2.45) is 0 Å². The summed E-state index contributed by atoms with van der Waals surface area (Å²) >= 11 is 0. The quantitative estimate of drug-likeness (QED) is 0.0873. The van der Waals surface area contributed by atoms with Crippen LogP contribution in [0.3, 0.4) is 0 Å². The largest absolute Gasteiger partial charge is 0.310 e. The third-order valence-corrected chi connectivity index (χ3v) is 15.6. The first-order valence-corrected chi connectivity index (χ1v) is 26.2. The van der Waals surface area contributed by atoms with Crippen LogP contribution in [0.4, 0.5) is 17.1 Å². The monoisotopic (exact) mass is 908 g/mol. The van der Waals surface area contributed by atoms with Crippen LogP contribution in [-0.2, 0) is 18.3 Å². The molecule has 70 heavy (non-hydrogen) atoms. The predicted octanol–water partition coefficient (Wildman–Crippen LogP) is 19.4. The summed E-state index contributed by atoms with van der Waals surface area (Å²) in [6, 6.07) is 76.0. The Labute approximate surface area is 417 Å². The minimum absolute atomic E-state index is 0.424. The summed E-state index contributed by atoms with van der Waals surface area (Å²) in [6.45, 7) is 9.21. The summed E-state index contributed by atoms with van der Waals surface area (Å²) in [6.07, 6.45) is 12.5. The molecule has 1 nitrogen and oxygen atoms in total. The molecule has 346 valence electrons. The Bertz CT molecular complexity index is 3240. The van der Waals surface area contributed by atoms with Gasteiger partial charge in [0.2, 0.25) is 0 Å². The zero-order chi connectivity index (χ0) is 47.6. The van der Waals surface area contributed by atoms with Crippen molar-refractivity contribution >= 4 is 17.1 Å². The van der Waals surface area contributed by atoms with Gasteiger partial charge >= 0.3 is 0 Å². The number of hydrogen-bond acceptors (Lipinski definition) is 1. The minimum Gasteiger partial charge on any atom is -0.310 e. The van der Waals surface area contributed by atoms with Gasteiger partial charge in [0.05, 0.1) is 5.41 Å². The number of unbranched alkanes of at least 4 members (excludes halogenated alkanes) is 6. The second-order valence-electron chi connectivity index (χ2n) is 20.0. The fraction of sp³-hybridized carbons (Fsp3) is 0.217. The maximum atomic E-state index is 2.55. The van der Waals surface area contributed by atoms with Crippen LogP contribution < -0.4 is 4.90 Å². The average molecular weight is 908 g/mol. The molecule has 0 aliphatic heterocycles. The smallest absolute Gasteiger partial charge is 0.0726 e. The molecule has 0 heterocycles. The molecule has 1 heteroatoms. The molecule has 0 radical (unpaired) electrons. The molecule has 0 amide bonds. The van der Waals surface area contributed by atoms with Gasteiger partial charge in [-0.05, 0) is 182 Å². The zero-order valence-electron chi connectivity index (χ0n) is 41.6. The molecule has 0 saturated carbocycles. The Balaban J connectivity index is 1.01. The predicted molar refractivity (Wildman–Crippen MR) is 299 cm³/mol. The summed E-state index contributed by atoms with van der Waals surface area (Å²) in [5.41, 5.74) is 27.1. The van der Waals surface area contributed by atoms with E-state index in [1.54, 1.807) is 0 Å². The van der Waals surface area contributed by atoms with Crippen molar-refractivity contribution in [1.29, 1.82) is 0 Å². The van der Waals surface area contributed by atoms with Crippen LogP contribution in [0.2, 0.25) is 0 Å². The van der Waals surface area contributed by atoms with Crippen molar-refractivity contribution in [3.63, 3.8) is 0 Å². The van der Waals surface area contributed by atoms with E-state index in [1.807, 2.05) is 0 Å². The van der Waals surface area contributed by atoms with Gasteiger partial charge in [0, 0.05) is 17.1 Å². The van der Waals surface area contributed by atoms with Crippen molar-refractivity contribution in [2.45, 2.75) is 97.3 Å². The Morgan fingerprint density at radius 1 is 0.314 bits per heavy atom. The number of hydrogen-bond donors (Lipinski definition) is 0. The van der Waals surface area contributed by atoms with Crippen LogP contribution in [0.1, 0.15) is 110 Å². The Morgan fingerprint density at radius 3 is 1.39 bits per heavy atom. The normalized spacial score (nSPS) is 12.7. The van der Waals surface area contributed by atoms with E-state index in [0.29, 0.717) is 0 Å². The number of anilines is 3. The van der Waals surface area contributed by atoms with Gasteiger partial charge in [-0.2, -0.15) is 0 Å². The van der Waals surface area contributed by atoms with E-state index in [1.165, 1.54) is 152 Å². The summed E-state index contributed by atoms with van der Waals surface area (Å²) < 4.78 is 0. The second kappa shape index (κ2) is 19.6. The maximum absolute atomic E-state index is 2.55. The van der Waals surface area contributed by atoms with Crippen molar-refractivity contribution in [3.8, 4) is 55.6 Å². The van der Waals surface area contributed by atoms with E-state index < -0.39 is 5.41 Å². The van der Waals surface area contributed by atoms with Gasteiger partial charge in [-0.1, -0.05) is 210 Å². The Kier molecular flexibility index (Phi) is 12.7. The molecule has 0 aromatic heterocycles. The van der Waals surface area contributed by atoms with Crippen LogP contribution in [0.25, 0.3) is 55.6 Å². The molecule has 0 atom stereocenters. The molecule has 2 aliphatic rings. The van der Waals surface area contributed by atoms with E-state index in [9.17, 15) is 0 Å². The molecule has 2 aliphatic carbocycles. The summed E-state index contributed by atoms with van der Waals surface area (Å²) in [7, 11) is 0. The van der Waals surface area contributed by atoms with Gasteiger partial charge < -0.3 is 4.90 Å². The highest BCUT2D eigenvalue weighted by Crippen LogP contribution is 2.63. The Hall–Kier alpha value is -7.22. The molecule has 9 aromatic carbocycles. The standard InChI is InChI=1S/C69H65N/c1-5-7-9-12-24-53-45-64(54(44-49(53)4)25-13-10-8-6-2)55-33-32-48(3)63(46-55)52-36-40-57(41-37-52)70(56-38-34-51(35-39-56)50-22-14-11-15-23-50)58-42-43-62-61-28-18-21-31-67(61)69(68(62)47-58)65-29-19-16-26-59(65)60-27-17-20-30-66(60)69/h11,14-23,26-47H,5-10,12-13,24-25H2,1-4H3. The van der Waals surface area contributed by atoms with Crippen LogP contribution in [0, 0.1) is 13.8 Å². The van der Waals surface area contributed by atoms with Gasteiger partial charge in [0.1, 0.15) is 0 Å². The first-order chi connectivity index (χ1) is 34.5. The van der Waals surface area contributed by atoms with Gasteiger partial charge in [0.15, 0.2) is 0 Å². The van der Waals surface area contributed by atoms with E-state index in [2.05, 4.69) is 233 Å². The van der Waals surface area contributed by atoms with Crippen LogP contribution in [0.5, 0.6) is 0 Å². The zero-order valence-corrected chi connectivity index (χ0v) is 41.6. The van der Waals surface area contributed by atoms with Gasteiger partial charge in [0.25, 0.3) is 0 Å². The molecule has 9 aromatic rings. The fourth-order valence-corrected chi connectivity index (χ4v) is 12.0. The summed E-state index contributed by atoms with van der Waals surface area (Å²) in [5.74, 6) is 0. The number of aryl methyl sites for hydroxylation is 4. The molecule has 0 unspecified atom stereocenters. The lowest BCUT2D eigenvalue weighted by Crippen LogP contribution is -2.26. The lowest BCUT2D eigenvalue weighted by atomic mass is 9.70. The minimum atomic E-state index is -0.424. The van der Waals surface area contributed by atoms with Crippen LogP contribution in [-0.4, -0.2) is 0 Å². The van der Waals surface area contributed by atoms with Crippen molar-refractivity contribution in [3.05, 3.63) is 245 Å². The van der Waals surface area contributed by atoms with Crippen molar-refractivity contribution in [1.82, 2.24) is 0 Å². The van der Waals surface area contributed by atoms with Gasteiger partial charge in [-0.25, -0.2) is 0 Å². The number of benzene rings is 9. The number of nitrogens with zero attached hydrogens (tertiary/aromatic N) is 1. The molecule has 0 fully saturated rings. The molecule has 0 bridgehead atoms. The van der Waals surface area contributed by atoms with Crippen molar-refractivity contribution in [2.75, 3.05) is 4.90 Å². The highest BCUT2D eigenvalue weighted by Gasteiger charge is 2.51. The third kappa shape index (κ3) is 8.10. The molecular formula is C69H65N. The van der Waals surface area contributed by atoms with E-state index in [0.717, 1.165) is 29.9 Å². The number of fused-ring (bicyclic) bond motifs is 10. The lowest BCUT2D eigenvalue weighted by Gasteiger charge is -2.32. The van der Waals surface area contributed by atoms with E-state index >= 15 is 0 Å². The SMILES string of the molecule is CCCCCCc1cc(-c2ccc(C)c(-c3ccc(N(c4ccc(-c5ccccc5)cc4)c4ccc5c(c4)C4(c6ccccc6-c6ccccc64)c4ccccc4-5)cc3)c2)c(CCCCCC)cc1C. The lowest BCUT2D eigenvalue weighted by molar-refractivity contribution is 0.662.